The molecule has 0 amide bonds. The van der Waals surface area contributed by atoms with Gasteiger partial charge in [-0.25, -0.2) is 9.07 Å². The van der Waals surface area contributed by atoms with Crippen LogP contribution in [0.2, 0.25) is 5.02 Å². The molecular formula is C24H19ClFN3O4S. The number of halogens is 2. The number of thioether (sulfide) groups is 1. The molecule has 34 heavy (non-hydrogen) atoms. The number of nitrogens with zero attached hydrogens (tertiary/aromatic N) is 3. The van der Waals surface area contributed by atoms with E-state index in [0.717, 1.165) is 22.0 Å². The Morgan fingerprint density at radius 1 is 1.18 bits per heavy atom. The molecule has 4 aromatic rings. The van der Waals surface area contributed by atoms with E-state index in [1.165, 1.54) is 6.07 Å². The van der Waals surface area contributed by atoms with E-state index < -0.39 is 22.6 Å². The van der Waals surface area contributed by atoms with E-state index >= 15 is 0 Å². The molecule has 0 saturated carbocycles. The van der Waals surface area contributed by atoms with Crippen LogP contribution in [-0.4, -0.2) is 38.4 Å². The molecule has 1 heterocycles. The van der Waals surface area contributed by atoms with Crippen LogP contribution in [0.25, 0.3) is 22.0 Å². The van der Waals surface area contributed by atoms with E-state index in [4.69, 9.17) is 16.3 Å². The average molecular weight is 500 g/mol. The van der Waals surface area contributed by atoms with Gasteiger partial charge in [-0.2, -0.15) is 0 Å². The number of fused-ring (bicyclic) bond motifs is 1. The van der Waals surface area contributed by atoms with Crippen molar-refractivity contribution in [2.75, 3.05) is 7.11 Å². The number of aliphatic carboxylic acids is 1. The van der Waals surface area contributed by atoms with Crippen LogP contribution < -0.4 is 10.3 Å². The normalized spacial score (nSPS) is 12.0. The van der Waals surface area contributed by atoms with Crippen molar-refractivity contribution >= 4 is 40.2 Å². The van der Waals surface area contributed by atoms with Crippen LogP contribution in [0, 0.1) is 5.82 Å². The third kappa shape index (κ3) is 5.05. The Kier molecular flexibility index (Phi) is 7.14. The highest BCUT2D eigenvalue weighted by Crippen LogP contribution is 2.32. The lowest BCUT2D eigenvalue weighted by molar-refractivity contribution is -0.136. The van der Waals surface area contributed by atoms with E-state index in [1.807, 2.05) is 12.1 Å². The molecule has 1 unspecified atom stereocenters. The summed E-state index contributed by atoms with van der Waals surface area (Å²) in [4.78, 5) is 24.7. The maximum Gasteiger partial charge on any atom is 0.317 e. The van der Waals surface area contributed by atoms with Gasteiger partial charge in [-0.15, -0.1) is 16.9 Å². The summed E-state index contributed by atoms with van der Waals surface area (Å²) >= 11 is 7.00. The molecule has 1 aromatic heterocycles. The van der Waals surface area contributed by atoms with Crippen LogP contribution in [-0.2, 0) is 11.3 Å². The lowest BCUT2D eigenvalue weighted by Gasteiger charge is -2.14. The minimum Gasteiger partial charge on any atom is -0.497 e. The van der Waals surface area contributed by atoms with E-state index in [0.29, 0.717) is 16.8 Å². The highest BCUT2D eigenvalue weighted by atomic mass is 35.5. The molecule has 10 heteroatoms. The molecule has 3 aromatic carbocycles. The van der Waals surface area contributed by atoms with Gasteiger partial charge in [0.05, 0.1) is 17.5 Å². The zero-order valence-electron chi connectivity index (χ0n) is 17.9. The molecule has 4 rings (SSSR count). The zero-order chi connectivity index (χ0) is 24.2. The second-order valence-electron chi connectivity index (χ2n) is 7.36. The highest BCUT2D eigenvalue weighted by Gasteiger charge is 2.22. The number of rotatable bonds is 8. The van der Waals surface area contributed by atoms with Crippen LogP contribution in [0.3, 0.4) is 0 Å². The maximum absolute atomic E-state index is 14.8. The summed E-state index contributed by atoms with van der Waals surface area (Å²) in [6, 6.07) is 16.7. The van der Waals surface area contributed by atoms with Crippen molar-refractivity contribution in [3.8, 4) is 16.9 Å². The van der Waals surface area contributed by atoms with Crippen LogP contribution in [0.15, 0.2) is 70.4 Å². The third-order valence-corrected chi connectivity index (χ3v) is 6.83. The summed E-state index contributed by atoms with van der Waals surface area (Å²) in [6.07, 6.45) is 0.0320. The summed E-state index contributed by atoms with van der Waals surface area (Å²) < 4.78 is 21.0. The largest absolute Gasteiger partial charge is 0.497 e. The number of ether oxygens (including phenoxy) is 1. The van der Waals surface area contributed by atoms with Crippen molar-refractivity contribution in [2.24, 2.45) is 0 Å². The second-order valence-corrected chi connectivity index (χ2v) is 9.01. The van der Waals surface area contributed by atoms with Gasteiger partial charge in [-0.1, -0.05) is 41.1 Å². The van der Waals surface area contributed by atoms with Gasteiger partial charge in [0.15, 0.2) is 0 Å². The number of carbonyl (C=O) groups is 1. The number of aromatic nitrogens is 3. The molecular weight excluding hydrogens is 481 g/mol. The standard InChI is InChI=1S/C24H19ClFN3O4S/c1-33-16-8-5-14(6-9-16)15-7-10-20(18(26)13-15)34-21(24(31)32)11-12-29-23(30)22-17(25)3-2-4-19(22)27-28-29/h2-10,13,21H,11-12H2,1H3,(H,31,32). The van der Waals surface area contributed by atoms with Gasteiger partial charge in [0, 0.05) is 11.4 Å². The predicted molar refractivity (Wildman–Crippen MR) is 129 cm³/mol. The van der Waals surface area contributed by atoms with Gasteiger partial charge in [0.25, 0.3) is 5.56 Å². The summed E-state index contributed by atoms with van der Waals surface area (Å²) in [5, 5.41) is 17.0. The third-order valence-electron chi connectivity index (χ3n) is 5.20. The Balaban J connectivity index is 1.51. The number of carboxylic acids is 1. The molecule has 1 atom stereocenters. The molecule has 174 valence electrons. The molecule has 0 bridgehead atoms. The summed E-state index contributed by atoms with van der Waals surface area (Å²) in [7, 11) is 1.57. The highest BCUT2D eigenvalue weighted by molar-refractivity contribution is 8.00. The summed E-state index contributed by atoms with van der Waals surface area (Å²) in [6.45, 7) is -0.0114. The van der Waals surface area contributed by atoms with Crippen molar-refractivity contribution < 1.29 is 19.0 Å². The Bertz CT molecular complexity index is 1410. The molecule has 0 aliphatic heterocycles. The quantitative estimate of drug-likeness (QED) is 0.345. The van der Waals surface area contributed by atoms with E-state index in [1.54, 1.807) is 49.6 Å². The molecule has 0 fully saturated rings. The summed E-state index contributed by atoms with van der Waals surface area (Å²) in [5.41, 5.74) is 1.36. The minimum atomic E-state index is -1.12. The van der Waals surface area contributed by atoms with Gasteiger partial charge in [-0.3, -0.25) is 9.59 Å². The molecule has 0 saturated heterocycles. The zero-order valence-corrected chi connectivity index (χ0v) is 19.5. The second kappa shape index (κ2) is 10.2. The fraction of sp³-hybridized carbons (Fsp3) is 0.167. The topological polar surface area (TPSA) is 94.3 Å². The number of aryl methyl sites for hydroxylation is 1. The monoisotopic (exact) mass is 499 g/mol. The first-order chi connectivity index (χ1) is 16.4. The van der Waals surface area contributed by atoms with Gasteiger partial charge in [0.1, 0.15) is 22.3 Å². The van der Waals surface area contributed by atoms with Gasteiger partial charge >= 0.3 is 5.97 Å². The number of hydrogen-bond donors (Lipinski definition) is 1. The first kappa shape index (κ1) is 23.7. The van der Waals surface area contributed by atoms with Gasteiger partial charge in [0.2, 0.25) is 0 Å². The Hall–Kier alpha value is -3.43. The van der Waals surface area contributed by atoms with Crippen molar-refractivity contribution in [1.29, 1.82) is 0 Å². The molecule has 0 radical (unpaired) electrons. The number of benzene rings is 3. The van der Waals surface area contributed by atoms with Crippen LogP contribution in [0.1, 0.15) is 6.42 Å². The molecule has 0 spiro atoms. The fourth-order valence-corrected chi connectivity index (χ4v) is 4.61. The predicted octanol–water partition coefficient (Wildman–Crippen LogP) is 4.90. The van der Waals surface area contributed by atoms with E-state index in [-0.39, 0.29) is 28.3 Å². The van der Waals surface area contributed by atoms with Crippen molar-refractivity contribution in [3.63, 3.8) is 0 Å². The Morgan fingerprint density at radius 2 is 1.91 bits per heavy atom. The molecule has 7 nitrogen and oxygen atoms in total. The van der Waals surface area contributed by atoms with Crippen LogP contribution >= 0.6 is 23.4 Å². The van der Waals surface area contributed by atoms with Crippen LogP contribution in [0.5, 0.6) is 5.75 Å². The summed E-state index contributed by atoms with van der Waals surface area (Å²) in [5.74, 6) is -0.958. The van der Waals surface area contributed by atoms with Crippen LogP contribution in [0.4, 0.5) is 4.39 Å². The Labute approximate surface area is 203 Å². The molecule has 1 N–H and O–H groups in total. The first-order valence-electron chi connectivity index (χ1n) is 10.2. The van der Waals surface area contributed by atoms with Crippen molar-refractivity contribution in [1.82, 2.24) is 15.0 Å². The minimum absolute atomic E-state index is 0.0114. The average Bonchev–Trinajstić information content (AvgIpc) is 2.83. The SMILES string of the molecule is COc1ccc(-c2ccc(SC(CCn3nnc4cccc(Cl)c4c3=O)C(=O)O)c(F)c2)cc1. The lowest BCUT2D eigenvalue weighted by Crippen LogP contribution is -2.27. The fourth-order valence-electron chi connectivity index (χ4n) is 3.41. The lowest BCUT2D eigenvalue weighted by atomic mass is 10.1. The molecule has 0 aliphatic carbocycles. The van der Waals surface area contributed by atoms with Crippen molar-refractivity contribution in [3.05, 3.63) is 81.9 Å². The maximum atomic E-state index is 14.8. The Morgan fingerprint density at radius 3 is 2.59 bits per heavy atom. The first-order valence-corrected chi connectivity index (χ1v) is 11.5. The number of carboxylic acid groups (broad SMARTS) is 1. The molecule has 0 aliphatic rings. The number of hydrogen-bond acceptors (Lipinski definition) is 6. The van der Waals surface area contributed by atoms with E-state index in [2.05, 4.69) is 10.3 Å². The van der Waals surface area contributed by atoms with Crippen molar-refractivity contribution in [2.45, 2.75) is 23.1 Å². The smallest absolute Gasteiger partial charge is 0.317 e. The number of methoxy groups -OCH3 is 1. The van der Waals surface area contributed by atoms with E-state index in [9.17, 15) is 19.1 Å². The van der Waals surface area contributed by atoms with Gasteiger partial charge < -0.3 is 9.84 Å². The van der Waals surface area contributed by atoms with Gasteiger partial charge in [-0.05, 0) is 53.9 Å².